The number of rotatable bonds is 4. The van der Waals surface area contributed by atoms with Crippen LogP contribution in [-0.4, -0.2) is 24.5 Å². The van der Waals surface area contributed by atoms with E-state index in [-0.39, 0.29) is 0 Å². The Kier molecular flexibility index (Phi) is 3.46. The molecule has 0 saturated carbocycles. The number of aromatic nitrogens is 5. The molecule has 0 amide bonds. The zero-order valence-electron chi connectivity index (χ0n) is 13.4. The van der Waals surface area contributed by atoms with Gasteiger partial charge in [0, 0.05) is 29.5 Å². The Morgan fingerprint density at radius 2 is 2.12 bits per heavy atom. The van der Waals surface area contributed by atoms with Gasteiger partial charge < -0.3 is 0 Å². The minimum Gasteiger partial charge on any atom is -0.268 e. The second-order valence-corrected chi connectivity index (χ2v) is 5.72. The summed E-state index contributed by atoms with van der Waals surface area (Å²) in [6.07, 6.45) is 9.36. The van der Waals surface area contributed by atoms with Crippen molar-refractivity contribution in [3.8, 4) is 16.9 Å². The van der Waals surface area contributed by atoms with Crippen LogP contribution in [0.3, 0.4) is 0 Å². The summed E-state index contributed by atoms with van der Waals surface area (Å²) in [6, 6.07) is 10.2. The summed E-state index contributed by atoms with van der Waals surface area (Å²) >= 11 is 0. The van der Waals surface area contributed by atoms with E-state index in [0.717, 1.165) is 27.8 Å². The van der Waals surface area contributed by atoms with Crippen molar-refractivity contribution in [3.63, 3.8) is 0 Å². The van der Waals surface area contributed by atoms with Gasteiger partial charge in [-0.2, -0.15) is 10.2 Å². The molecule has 0 aliphatic heterocycles. The Labute approximate surface area is 139 Å². The molecule has 0 saturated heterocycles. The minimum atomic E-state index is 0.690. The lowest BCUT2D eigenvalue weighted by molar-refractivity contribution is 0.703. The SMILES string of the molecule is C=CCn1cc(-c2cc(C)c3ccc(-n4cccn4)cc3n2)cn1. The van der Waals surface area contributed by atoms with Crippen LogP contribution in [0.25, 0.3) is 27.8 Å². The van der Waals surface area contributed by atoms with Gasteiger partial charge in [-0.15, -0.1) is 6.58 Å². The predicted molar refractivity (Wildman–Crippen MR) is 95.0 cm³/mol. The molecule has 0 atom stereocenters. The summed E-state index contributed by atoms with van der Waals surface area (Å²) in [4.78, 5) is 4.83. The van der Waals surface area contributed by atoms with Crippen molar-refractivity contribution < 1.29 is 0 Å². The zero-order valence-corrected chi connectivity index (χ0v) is 13.4. The topological polar surface area (TPSA) is 48.5 Å². The molecule has 0 unspecified atom stereocenters. The van der Waals surface area contributed by atoms with Gasteiger partial charge in [0.2, 0.25) is 0 Å². The third kappa shape index (κ3) is 2.50. The molecular weight excluding hydrogens is 298 g/mol. The van der Waals surface area contributed by atoms with E-state index in [4.69, 9.17) is 4.98 Å². The van der Waals surface area contributed by atoms with Crippen molar-refractivity contribution >= 4 is 10.9 Å². The highest BCUT2D eigenvalue weighted by molar-refractivity contribution is 5.86. The molecule has 0 aliphatic rings. The van der Waals surface area contributed by atoms with Crippen LogP contribution in [0.15, 0.2) is 67.8 Å². The van der Waals surface area contributed by atoms with Crippen LogP contribution >= 0.6 is 0 Å². The Balaban J connectivity index is 1.83. The van der Waals surface area contributed by atoms with Crippen molar-refractivity contribution in [2.75, 3.05) is 0 Å². The normalized spacial score (nSPS) is 11.0. The lowest BCUT2D eigenvalue weighted by atomic mass is 10.1. The first-order chi connectivity index (χ1) is 11.7. The number of hydrogen-bond donors (Lipinski definition) is 0. The van der Waals surface area contributed by atoms with Crippen molar-refractivity contribution in [2.45, 2.75) is 13.5 Å². The van der Waals surface area contributed by atoms with Crippen LogP contribution in [-0.2, 0) is 6.54 Å². The molecular formula is C19H17N5. The van der Waals surface area contributed by atoms with E-state index < -0.39 is 0 Å². The van der Waals surface area contributed by atoms with Crippen LogP contribution in [0.2, 0.25) is 0 Å². The monoisotopic (exact) mass is 315 g/mol. The number of pyridine rings is 1. The summed E-state index contributed by atoms with van der Waals surface area (Å²) in [7, 11) is 0. The first-order valence-electron chi connectivity index (χ1n) is 7.80. The fourth-order valence-corrected chi connectivity index (χ4v) is 2.83. The Hall–Kier alpha value is -3.21. The van der Waals surface area contributed by atoms with Crippen LogP contribution < -0.4 is 0 Å². The number of aryl methyl sites for hydroxylation is 1. The lowest BCUT2D eigenvalue weighted by Crippen LogP contribution is -1.96. The average molecular weight is 315 g/mol. The van der Waals surface area contributed by atoms with E-state index in [1.807, 2.05) is 40.1 Å². The van der Waals surface area contributed by atoms with E-state index in [1.54, 1.807) is 6.20 Å². The maximum atomic E-state index is 4.83. The van der Waals surface area contributed by atoms with Gasteiger partial charge in [0.05, 0.1) is 29.6 Å². The first-order valence-corrected chi connectivity index (χ1v) is 7.80. The molecule has 5 nitrogen and oxygen atoms in total. The van der Waals surface area contributed by atoms with E-state index in [0.29, 0.717) is 6.54 Å². The maximum Gasteiger partial charge on any atom is 0.0743 e. The lowest BCUT2D eigenvalue weighted by Gasteiger charge is -2.08. The number of hydrogen-bond acceptors (Lipinski definition) is 3. The van der Waals surface area contributed by atoms with E-state index in [1.165, 1.54) is 5.56 Å². The molecule has 118 valence electrons. The van der Waals surface area contributed by atoms with Crippen LogP contribution in [0.4, 0.5) is 0 Å². The van der Waals surface area contributed by atoms with E-state index in [9.17, 15) is 0 Å². The average Bonchev–Trinajstić information content (AvgIpc) is 3.26. The van der Waals surface area contributed by atoms with E-state index >= 15 is 0 Å². The molecule has 0 N–H and O–H groups in total. The van der Waals surface area contributed by atoms with Crippen molar-refractivity contribution in [1.29, 1.82) is 0 Å². The molecule has 1 aromatic carbocycles. The number of fused-ring (bicyclic) bond motifs is 1. The summed E-state index contributed by atoms with van der Waals surface area (Å²) in [5.74, 6) is 0. The molecule has 3 heterocycles. The molecule has 0 bridgehead atoms. The van der Waals surface area contributed by atoms with Gasteiger partial charge in [-0.25, -0.2) is 9.67 Å². The van der Waals surface area contributed by atoms with Gasteiger partial charge in [0.15, 0.2) is 0 Å². The quantitative estimate of drug-likeness (QED) is 0.539. The summed E-state index contributed by atoms with van der Waals surface area (Å²) in [5.41, 5.74) is 5.08. The molecule has 24 heavy (non-hydrogen) atoms. The largest absolute Gasteiger partial charge is 0.268 e. The van der Waals surface area contributed by atoms with Gasteiger partial charge in [-0.05, 0) is 36.8 Å². The molecule has 0 aliphatic carbocycles. The standard InChI is InChI=1S/C19H17N5/c1-3-8-23-13-15(12-21-23)18-10-14(2)17-6-5-16(11-19(17)22-18)24-9-4-7-20-24/h3-7,9-13H,1,8H2,2H3. The Morgan fingerprint density at radius 1 is 1.21 bits per heavy atom. The van der Waals surface area contributed by atoms with Gasteiger partial charge >= 0.3 is 0 Å². The summed E-state index contributed by atoms with van der Waals surface area (Å²) < 4.78 is 3.69. The van der Waals surface area contributed by atoms with Crippen LogP contribution in [0.1, 0.15) is 5.56 Å². The summed E-state index contributed by atoms with van der Waals surface area (Å²) in [6.45, 7) is 6.54. The van der Waals surface area contributed by atoms with Gasteiger partial charge in [-0.1, -0.05) is 12.1 Å². The molecule has 4 rings (SSSR count). The smallest absolute Gasteiger partial charge is 0.0743 e. The molecule has 0 fully saturated rings. The second-order valence-electron chi connectivity index (χ2n) is 5.72. The second kappa shape index (κ2) is 5.77. The predicted octanol–water partition coefficient (Wildman–Crippen LogP) is 3.78. The van der Waals surface area contributed by atoms with Crippen molar-refractivity contribution in [2.24, 2.45) is 0 Å². The molecule has 3 aromatic heterocycles. The molecule has 0 radical (unpaired) electrons. The zero-order chi connectivity index (χ0) is 16.5. The highest BCUT2D eigenvalue weighted by Gasteiger charge is 2.08. The van der Waals surface area contributed by atoms with Crippen molar-refractivity contribution in [3.05, 3.63) is 73.3 Å². The van der Waals surface area contributed by atoms with Crippen molar-refractivity contribution in [1.82, 2.24) is 24.5 Å². The number of benzene rings is 1. The fourth-order valence-electron chi connectivity index (χ4n) is 2.83. The molecule has 0 spiro atoms. The highest BCUT2D eigenvalue weighted by atomic mass is 15.3. The Bertz CT molecular complexity index is 1010. The van der Waals surface area contributed by atoms with Gasteiger partial charge in [-0.3, -0.25) is 4.68 Å². The van der Waals surface area contributed by atoms with Crippen LogP contribution in [0.5, 0.6) is 0 Å². The highest BCUT2D eigenvalue weighted by Crippen LogP contribution is 2.25. The maximum absolute atomic E-state index is 4.83. The number of allylic oxidation sites excluding steroid dienone is 1. The third-order valence-electron chi connectivity index (χ3n) is 4.01. The molecule has 5 heteroatoms. The summed E-state index contributed by atoms with van der Waals surface area (Å²) in [5, 5.41) is 9.77. The minimum absolute atomic E-state index is 0.690. The number of nitrogens with zero attached hydrogens (tertiary/aromatic N) is 5. The fraction of sp³-hybridized carbons (Fsp3) is 0.105. The third-order valence-corrected chi connectivity index (χ3v) is 4.01. The van der Waals surface area contributed by atoms with E-state index in [2.05, 4.69) is 48.0 Å². The van der Waals surface area contributed by atoms with Gasteiger partial charge in [0.1, 0.15) is 0 Å². The molecule has 4 aromatic rings. The first kappa shape index (κ1) is 14.4. The van der Waals surface area contributed by atoms with Gasteiger partial charge in [0.25, 0.3) is 0 Å². The Morgan fingerprint density at radius 3 is 2.92 bits per heavy atom. The van der Waals surface area contributed by atoms with Crippen LogP contribution in [0, 0.1) is 6.92 Å².